The summed E-state index contributed by atoms with van der Waals surface area (Å²) in [7, 11) is 0. The fourth-order valence-electron chi connectivity index (χ4n) is 1.74. The van der Waals surface area contributed by atoms with Crippen LogP contribution in [0.5, 0.6) is 11.6 Å². The first kappa shape index (κ1) is 13.1. The number of benzene rings is 1. The van der Waals surface area contributed by atoms with Crippen LogP contribution in [0.4, 0.5) is 0 Å². The third kappa shape index (κ3) is 3.10. The molecule has 0 radical (unpaired) electrons. The average molecular weight is 306 g/mol. The Morgan fingerprint density at radius 2 is 1.94 bits per heavy atom. The lowest BCUT2D eigenvalue weighted by molar-refractivity contribution is 0.454. The standard InChI is InChI=1S/C15H16BrNO/c1-10(2)13-9-12(16)4-5-14(13)18-15-8-11(3)6-7-17-15/h4-10H,1-3H3. The molecule has 2 aromatic rings. The van der Waals surface area contributed by atoms with E-state index in [1.807, 2.05) is 31.2 Å². The Bertz CT molecular complexity index is 552. The number of ether oxygens (including phenoxy) is 1. The molecule has 0 aliphatic heterocycles. The van der Waals surface area contributed by atoms with Gasteiger partial charge in [-0.1, -0.05) is 29.8 Å². The molecular formula is C15H16BrNO. The van der Waals surface area contributed by atoms with E-state index < -0.39 is 0 Å². The summed E-state index contributed by atoms with van der Waals surface area (Å²) in [6, 6.07) is 9.94. The largest absolute Gasteiger partial charge is 0.439 e. The molecule has 94 valence electrons. The number of hydrogen-bond donors (Lipinski definition) is 0. The van der Waals surface area contributed by atoms with E-state index in [0.717, 1.165) is 15.8 Å². The predicted molar refractivity (Wildman–Crippen MR) is 77.3 cm³/mol. The van der Waals surface area contributed by atoms with Gasteiger partial charge >= 0.3 is 0 Å². The van der Waals surface area contributed by atoms with E-state index in [2.05, 4.69) is 40.8 Å². The Morgan fingerprint density at radius 1 is 1.17 bits per heavy atom. The fourth-order valence-corrected chi connectivity index (χ4v) is 2.12. The summed E-state index contributed by atoms with van der Waals surface area (Å²) in [5, 5.41) is 0. The average Bonchev–Trinajstić information content (AvgIpc) is 2.31. The van der Waals surface area contributed by atoms with Crippen LogP contribution in [0.2, 0.25) is 0 Å². The van der Waals surface area contributed by atoms with E-state index >= 15 is 0 Å². The Morgan fingerprint density at radius 3 is 2.61 bits per heavy atom. The second-order valence-corrected chi connectivity index (χ2v) is 5.53. The van der Waals surface area contributed by atoms with Crippen molar-refractivity contribution in [3.63, 3.8) is 0 Å². The minimum atomic E-state index is 0.405. The monoisotopic (exact) mass is 305 g/mol. The molecule has 1 heterocycles. The van der Waals surface area contributed by atoms with Crippen LogP contribution < -0.4 is 4.74 Å². The van der Waals surface area contributed by atoms with E-state index in [1.165, 1.54) is 5.56 Å². The SMILES string of the molecule is Cc1ccnc(Oc2ccc(Br)cc2C(C)C)c1. The number of hydrogen-bond acceptors (Lipinski definition) is 2. The molecule has 0 N–H and O–H groups in total. The van der Waals surface area contributed by atoms with Gasteiger partial charge in [-0.05, 0) is 48.2 Å². The summed E-state index contributed by atoms with van der Waals surface area (Å²) in [6.45, 7) is 6.33. The Balaban J connectivity index is 2.34. The van der Waals surface area contributed by atoms with Crippen LogP contribution in [-0.2, 0) is 0 Å². The highest BCUT2D eigenvalue weighted by Crippen LogP contribution is 2.32. The summed E-state index contributed by atoms with van der Waals surface area (Å²) < 4.78 is 6.94. The molecule has 0 saturated carbocycles. The number of nitrogens with zero attached hydrogens (tertiary/aromatic N) is 1. The highest BCUT2D eigenvalue weighted by molar-refractivity contribution is 9.10. The molecule has 0 spiro atoms. The van der Waals surface area contributed by atoms with Crippen molar-refractivity contribution in [2.45, 2.75) is 26.7 Å². The third-order valence-corrected chi connectivity index (χ3v) is 3.19. The van der Waals surface area contributed by atoms with Gasteiger partial charge in [-0.25, -0.2) is 4.98 Å². The van der Waals surface area contributed by atoms with Crippen LogP contribution in [0, 0.1) is 6.92 Å². The summed E-state index contributed by atoms with van der Waals surface area (Å²) in [6.07, 6.45) is 1.76. The first-order valence-corrected chi connectivity index (χ1v) is 6.75. The van der Waals surface area contributed by atoms with Crippen molar-refractivity contribution in [2.24, 2.45) is 0 Å². The maximum Gasteiger partial charge on any atom is 0.219 e. The molecule has 0 fully saturated rings. The van der Waals surface area contributed by atoms with Gasteiger partial charge in [-0.15, -0.1) is 0 Å². The molecule has 0 atom stereocenters. The van der Waals surface area contributed by atoms with E-state index in [1.54, 1.807) is 6.20 Å². The molecule has 2 nitrogen and oxygen atoms in total. The Labute approximate surface area is 116 Å². The normalized spacial score (nSPS) is 10.7. The number of pyridine rings is 1. The lowest BCUT2D eigenvalue weighted by Crippen LogP contribution is -1.95. The molecule has 0 aliphatic carbocycles. The van der Waals surface area contributed by atoms with Crippen molar-refractivity contribution < 1.29 is 4.74 Å². The zero-order valence-electron chi connectivity index (χ0n) is 10.8. The lowest BCUT2D eigenvalue weighted by atomic mass is 10.0. The molecule has 0 bridgehead atoms. The Kier molecular flexibility index (Phi) is 4.02. The van der Waals surface area contributed by atoms with Gasteiger partial charge in [0.1, 0.15) is 5.75 Å². The third-order valence-electron chi connectivity index (χ3n) is 2.70. The van der Waals surface area contributed by atoms with Gasteiger partial charge in [0.25, 0.3) is 0 Å². The molecule has 0 amide bonds. The predicted octanol–water partition coefficient (Wildman–Crippen LogP) is 5.07. The van der Waals surface area contributed by atoms with Gasteiger partial charge in [0.05, 0.1) is 0 Å². The summed E-state index contributed by atoms with van der Waals surface area (Å²) in [5.41, 5.74) is 2.32. The fraction of sp³-hybridized carbons (Fsp3) is 0.267. The Hall–Kier alpha value is -1.35. The minimum Gasteiger partial charge on any atom is -0.439 e. The van der Waals surface area contributed by atoms with Gasteiger partial charge in [-0.3, -0.25) is 0 Å². The van der Waals surface area contributed by atoms with Gasteiger partial charge in [0.15, 0.2) is 0 Å². The molecule has 18 heavy (non-hydrogen) atoms. The van der Waals surface area contributed by atoms with Crippen molar-refractivity contribution in [3.8, 4) is 11.6 Å². The van der Waals surface area contributed by atoms with Crippen molar-refractivity contribution in [2.75, 3.05) is 0 Å². The molecule has 1 aromatic heterocycles. The zero-order chi connectivity index (χ0) is 13.1. The second-order valence-electron chi connectivity index (χ2n) is 4.61. The van der Waals surface area contributed by atoms with Crippen LogP contribution in [0.3, 0.4) is 0 Å². The molecule has 2 rings (SSSR count). The topological polar surface area (TPSA) is 22.1 Å². The van der Waals surface area contributed by atoms with E-state index in [4.69, 9.17) is 4.74 Å². The number of aryl methyl sites for hydroxylation is 1. The van der Waals surface area contributed by atoms with Gasteiger partial charge in [-0.2, -0.15) is 0 Å². The number of rotatable bonds is 3. The van der Waals surface area contributed by atoms with Crippen LogP contribution in [0.25, 0.3) is 0 Å². The van der Waals surface area contributed by atoms with E-state index in [-0.39, 0.29) is 0 Å². The van der Waals surface area contributed by atoms with Crippen molar-refractivity contribution >= 4 is 15.9 Å². The van der Waals surface area contributed by atoms with Crippen molar-refractivity contribution in [1.82, 2.24) is 4.98 Å². The quantitative estimate of drug-likeness (QED) is 0.790. The van der Waals surface area contributed by atoms with Crippen LogP contribution >= 0.6 is 15.9 Å². The molecule has 0 aliphatic rings. The van der Waals surface area contributed by atoms with Gasteiger partial charge < -0.3 is 4.74 Å². The van der Waals surface area contributed by atoms with Crippen LogP contribution in [0.15, 0.2) is 41.0 Å². The maximum absolute atomic E-state index is 5.87. The first-order valence-electron chi connectivity index (χ1n) is 5.96. The minimum absolute atomic E-state index is 0.405. The molecular weight excluding hydrogens is 290 g/mol. The highest BCUT2D eigenvalue weighted by Gasteiger charge is 2.10. The second kappa shape index (κ2) is 5.53. The lowest BCUT2D eigenvalue weighted by Gasteiger charge is -2.13. The van der Waals surface area contributed by atoms with Crippen molar-refractivity contribution in [3.05, 3.63) is 52.1 Å². The van der Waals surface area contributed by atoms with E-state index in [0.29, 0.717) is 11.8 Å². The number of aromatic nitrogens is 1. The molecule has 3 heteroatoms. The van der Waals surface area contributed by atoms with E-state index in [9.17, 15) is 0 Å². The molecule has 0 unspecified atom stereocenters. The van der Waals surface area contributed by atoms with Gasteiger partial charge in [0, 0.05) is 16.7 Å². The zero-order valence-corrected chi connectivity index (χ0v) is 12.4. The van der Waals surface area contributed by atoms with Crippen LogP contribution in [0.1, 0.15) is 30.9 Å². The summed E-state index contributed by atoms with van der Waals surface area (Å²) >= 11 is 3.49. The smallest absolute Gasteiger partial charge is 0.219 e. The molecule has 0 saturated heterocycles. The van der Waals surface area contributed by atoms with Crippen molar-refractivity contribution in [1.29, 1.82) is 0 Å². The van der Waals surface area contributed by atoms with Crippen LogP contribution in [-0.4, -0.2) is 4.98 Å². The highest BCUT2D eigenvalue weighted by atomic mass is 79.9. The summed E-state index contributed by atoms with van der Waals surface area (Å²) in [4.78, 5) is 4.22. The maximum atomic E-state index is 5.87. The molecule has 1 aromatic carbocycles. The number of halogens is 1. The first-order chi connectivity index (χ1) is 8.56. The summed E-state index contributed by atoms with van der Waals surface area (Å²) in [5.74, 6) is 1.91. The van der Waals surface area contributed by atoms with Gasteiger partial charge in [0.2, 0.25) is 5.88 Å².